The highest BCUT2D eigenvalue weighted by Gasteiger charge is 2.21. The van der Waals surface area contributed by atoms with E-state index in [4.69, 9.17) is 14.6 Å². The number of hydrogen-bond acceptors (Lipinski definition) is 4. The summed E-state index contributed by atoms with van der Waals surface area (Å²) in [5, 5.41) is 7.58. The molecule has 4 rings (SSSR count). The highest BCUT2D eigenvalue weighted by molar-refractivity contribution is 6.04. The monoisotopic (exact) mass is 445 g/mol. The third-order valence-electron chi connectivity index (χ3n) is 5.31. The zero-order valence-electron chi connectivity index (χ0n) is 18.8. The Hall–Kier alpha value is -4.13. The molecule has 0 bridgehead atoms. The van der Waals surface area contributed by atoms with Gasteiger partial charge < -0.3 is 14.8 Å². The van der Waals surface area contributed by atoms with Crippen LogP contribution in [-0.2, 0) is 0 Å². The molecule has 1 heterocycles. The molecule has 168 valence electrons. The largest absolute Gasteiger partial charge is 0.497 e. The summed E-state index contributed by atoms with van der Waals surface area (Å²) in [5.41, 5.74) is 4.97. The number of benzene rings is 3. The van der Waals surface area contributed by atoms with Crippen LogP contribution < -0.4 is 14.8 Å². The first-order chi connectivity index (χ1) is 15.9. The smallest absolute Gasteiger partial charge is 0.274 e. The summed E-state index contributed by atoms with van der Waals surface area (Å²) >= 11 is 0. The summed E-state index contributed by atoms with van der Waals surface area (Å²) < 4.78 is 25.7. The molecule has 0 fully saturated rings. The van der Waals surface area contributed by atoms with E-state index in [9.17, 15) is 9.18 Å². The third kappa shape index (κ3) is 4.57. The highest BCUT2D eigenvalue weighted by atomic mass is 19.1. The van der Waals surface area contributed by atoms with Gasteiger partial charge in [0.05, 0.1) is 25.6 Å². The van der Waals surface area contributed by atoms with Gasteiger partial charge in [0.1, 0.15) is 23.0 Å². The first kappa shape index (κ1) is 22.1. The molecule has 0 spiro atoms. The number of rotatable bonds is 6. The average Bonchev–Trinajstić information content (AvgIpc) is 3.25. The van der Waals surface area contributed by atoms with Gasteiger partial charge >= 0.3 is 0 Å². The SMILES string of the molecule is COc1ccc(-c2cc(C(=O)Nc3ccc(F)cc3)n(-c3ccc(C)cc3C)n2)c(OC)c1. The van der Waals surface area contributed by atoms with Crippen molar-refractivity contribution >= 4 is 11.6 Å². The molecule has 0 saturated heterocycles. The number of hydrogen-bond donors (Lipinski definition) is 1. The molecule has 0 saturated carbocycles. The van der Waals surface area contributed by atoms with Gasteiger partial charge in [0, 0.05) is 17.3 Å². The zero-order valence-corrected chi connectivity index (χ0v) is 18.8. The summed E-state index contributed by atoms with van der Waals surface area (Å²) in [5.74, 6) is 0.485. The molecule has 0 aliphatic rings. The maximum Gasteiger partial charge on any atom is 0.274 e. The van der Waals surface area contributed by atoms with Crippen LogP contribution in [0.3, 0.4) is 0 Å². The second-order valence-corrected chi connectivity index (χ2v) is 7.64. The van der Waals surface area contributed by atoms with E-state index in [2.05, 4.69) is 5.32 Å². The third-order valence-corrected chi connectivity index (χ3v) is 5.31. The molecule has 0 radical (unpaired) electrons. The molecule has 0 aliphatic heterocycles. The van der Waals surface area contributed by atoms with E-state index in [-0.39, 0.29) is 11.7 Å². The molecule has 1 N–H and O–H groups in total. The molecule has 1 amide bonds. The van der Waals surface area contributed by atoms with E-state index in [0.29, 0.717) is 28.6 Å². The van der Waals surface area contributed by atoms with E-state index in [1.165, 1.54) is 24.3 Å². The lowest BCUT2D eigenvalue weighted by atomic mass is 10.1. The van der Waals surface area contributed by atoms with Crippen molar-refractivity contribution < 1.29 is 18.7 Å². The summed E-state index contributed by atoms with van der Waals surface area (Å²) in [7, 11) is 3.16. The van der Waals surface area contributed by atoms with Gasteiger partial charge in [-0.1, -0.05) is 17.7 Å². The number of halogens is 1. The minimum absolute atomic E-state index is 0.333. The van der Waals surface area contributed by atoms with E-state index < -0.39 is 0 Å². The van der Waals surface area contributed by atoms with E-state index in [1.54, 1.807) is 31.0 Å². The summed E-state index contributed by atoms with van der Waals surface area (Å²) in [6.07, 6.45) is 0. The molecule has 6 nitrogen and oxygen atoms in total. The van der Waals surface area contributed by atoms with Crippen LogP contribution in [0.4, 0.5) is 10.1 Å². The van der Waals surface area contributed by atoms with Gasteiger partial charge in [-0.25, -0.2) is 9.07 Å². The van der Waals surface area contributed by atoms with Crippen LogP contribution in [0.2, 0.25) is 0 Å². The Balaban J connectivity index is 1.83. The van der Waals surface area contributed by atoms with Crippen molar-refractivity contribution in [3.63, 3.8) is 0 Å². The summed E-state index contributed by atoms with van der Waals surface area (Å²) in [6, 6.07) is 18.7. The molecule has 7 heteroatoms. The number of nitrogens with one attached hydrogen (secondary N) is 1. The minimum atomic E-state index is -0.373. The average molecular weight is 445 g/mol. The lowest BCUT2D eigenvalue weighted by Crippen LogP contribution is -2.17. The Morgan fingerprint density at radius 1 is 0.939 bits per heavy atom. The predicted octanol–water partition coefficient (Wildman–Crippen LogP) is 5.56. The van der Waals surface area contributed by atoms with Crippen molar-refractivity contribution in [2.75, 3.05) is 19.5 Å². The number of ether oxygens (including phenoxy) is 2. The molecule has 4 aromatic rings. The van der Waals surface area contributed by atoms with Crippen molar-refractivity contribution in [3.8, 4) is 28.4 Å². The van der Waals surface area contributed by atoms with Crippen molar-refractivity contribution in [3.05, 3.63) is 89.4 Å². The van der Waals surface area contributed by atoms with Crippen LogP contribution in [0.5, 0.6) is 11.5 Å². The number of aryl methyl sites for hydroxylation is 2. The van der Waals surface area contributed by atoms with Crippen LogP contribution in [0.1, 0.15) is 21.6 Å². The van der Waals surface area contributed by atoms with Crippen LogP contribution in [-0.4, -0.2) is 29.9 Å². The number of nitrogens with zero attached hydrogens (tertiary/aromatic N) is 2. The first-order valence-corrected chi connectivity index (χ1v) is 10.4. The second kappa shape index (κ2) is 9.16. The van der Waals surface area contributed by atoms with Gasteiger partial charge in [0.15, 0.2) is 0 Å². The number of methoxy groups -OCH3 is 2. The van der Waals surface area contributed by atoms with E-state index in [0.717, 1.165) is 22.4 Å². The van der Waals surface area contributed by atoms with Gasteiger partial charge in [0.25, 0.3) is 5.91 Å². The van der Waals surface area contributed by atoms with Gasteiger partial charge in [-0.2, -0.15) is 5.10 Å². The van der Waals surface area contributed by atoms with E-state index in [1.807, 2.05) is 44.2 Å². The Bertz CT molecular complexity index is 1310. The molecule has 1 aromatic heterocycles. The fraction of sp³-hybridized carbons (Fsp3) is 0.154. The zero-order chi connectivity index (χ0) is 23.5. The lowest BCUT2D eigenvalue weighted by Gasteiger charge is -2.11. The summed E-state index contributed by atoms with van der Waals surface area (Å²) in [6.45, 7) is 3.98. The standard InChI is InChI=1S/C26H24FN3O3/c1-16-5-12-23(17(2)13-16)30-24(26(31)28-19-8-6-18(27)7-9-19)15-22(29-30)21-11-10-20(32-3)14-25(21)33-4/h5-15H,1-4H3,(H,28,31). The Morgan fingerprint density at radius 3 is 2.36 bits per heavy atom. The van der Waals surface area contributed by atoms with E-state index >= 15 is 0 Å². The highest BCUT2D eigenvalue weighted by Crippen LogP contribution is 2.34. The summed E-state index contributed by atoms with van der Waals surface area (Å²) in [4.78, 5) is 13.3. The number of anilines is 1. The molecule has 0 unspecified atom stereocenters. The molecule has 33 heavy (non-hydrogen) atoms. The van der Waals surface area contributed by atoms with Crippen molar-refractivity contribution in [2.24, 2.45) is 0 Å². The Labute approximate surface area is 191 Å². The van der Waals surface area contributed by atoms with Gasteiger partial charge in [-0.15, -0.1) is 0 Å². The number of amides is 1. The fourth-order valence-electron chi connectivity index (χ4n) is 3.64. The maximum atomic E-state index is 13.3. The fourth-order valence-corrected chi connectivity index (χ4v) is 3.64. The van der Waals surface area contributed by atoms with Gasteiger partial charge in [0.2, 0.25) is 0 Å². The first-order valence-electron chi connectivity index (χ1n) is 10.4. The van der Waals surface area contributed by atoms with Gasteiger partial charge in [-0.3, -0.25) is 4.79 Å². The van der Waals surface area contributed by atoms with Crippen LogP contribution in [0, 0.1) is 19.7 Å². The van der Waals surface area contributed by atoms with Crippen LogP contribution >= 0.6 is 0 Å². The number of carbonyl (C=O) groups is 1. The molecule has 0 atom stereocenters. The number of carbonyl (C=O) groups excluding carboxylic acids is 1. The lowest BCUT2D eigenvalue weighted by molar-refractivity contribution is 0.101. The molecule has 3 aromatic carbocycles. The molecule has 0 aliphatic carbocycles. The Morgan fingerprint density at radius 2 is 1.70 bits per heavy atom. The topological polar surface area (TPSA) is 65.4 Å². The van der Waals surface area contributed by atoms with Gasteiger partial charge in [-0.05, 0) is 67.9 Å². The molecular formula is C26H24FN3O3. The van der Waals surface area contributed by atoms with Crippen molar-refractivity contribution in [2.45, 2.75) is 13.8 Å². The van der Waals surface area contributed by atoms with Crippen LogP contribution in [0.15, 0.2) is 66.7 Å². The minimum Gasteiger partial charge on any atom is -0.497 e. The maximum absolute atomic E-state index is 13.3. The van der Waals surface area contributed by atoms with Crippen LogP contribution in [0.25, 0.3) is 16.9 Å². The predicted molar refractivity (Wildman–Crippen MR) is 126 cm³/mol. The quantitative estimate of drug-likeness (QED) is 0.422. The Kier molecular flexibility index (Phi) is 6.13. The normalized spacial score (nSPS) is 10.7. The number of aromatic nitrogens is 2. The second-order valence-electron chi connectivity index (χ2n) is 7.64. The molecular weight excluding hydrogens is 421 g/mol. The van der Waals surface area contributed by atoms with Crippen molar-refractivity contribution in [1.29, 1.82) is 0 Å². The van der Waals surface area contributed by atoms with Crippen molar-refractivity contribution in [1.82, 2.24) is 9.78 Å².